The van der Waals surface area contributed by atoms with Gasteiger partial charge in [0.1, 0.15) is 9.43 Å². The van der Waals surface area contributed by atoms with Gasteiger partial charge in [0.15, 0.2) is 0 Å². The summed E-state index contributed by atoms with van der Waals surface area (Å²) in [6, 6.07) is 6.24. The smallest absolute Gasteiger partial charge is 0.258 e. The molecular weight excluding hydrogens is 374 g/mol. The van der Waals surface area contributed by atoms with E-state index in [-0.39, 0.29) is 9.42 Å². The molecule has 0 fully saturated rings. The number of non-ortho nitro benzene ring substituents is 1. The third kappa shape index (κ3) is 2.70. The van der Waals surface area contributed by atoms with Crippen LogP contribution in [-0.4, -0.2) is 14.5 Å². The van der Waals surface area contributed by atoms with Crippen LogP contribution in [0.2, 0.25) is 0 Å². The summed E-state index contributed by atoms with van der Waals surface area (Å²) < 4.78 is 3.85. The first-order valence-electron chi connectivity index (χ1n) is 4.45. The zero-order valence-electron chi connectivity index (χ0n) is 8.21. The molecule has 0 aliphatic rings. The first kappa shape index (κ1) is 12.6. The lowest BCUT2D eigenvalue weighted by molar-refractivity contribution is -0.384. The Labute approximate surface area is 117 Å². The second-order valence-corrected chi connectivity index (χ2v) is 6.94. The predicted octanol–water partition coefficient (Wildman–Crippen LogP) is 3.90. The van der Waals surface area contributed by atoms with Gasteiger partial charge in [-0.2, -0.15) is 0 Å². The Morgan fingerprint density at radius 1 is 1.29 bits per heavy atom. The van der Waals surface area contributed by atoms with Crippen molar-refractivity contribution in [3.8, 4) is 11.3 Å². The van der Waals surface area contributed by atoms with Gasteiger partial charge >= 0.3 is 0 Å². The van der Waals surface area contributed by atoms with E-state index in [2.05, 4.69) is 41.4 Å². The van der Waals surface area contributed by atoms with Gasteiger partial charge in [0.25, 0.3) is 5.69 Å². The van der Waals surface area contributed by atoms with Crippen LogP contribution >= 0.6 is 43.4 Å². The van der Waals surface area contributed by atoms with Crippen molar-refractivity contribution >= 4 is 49.1 Å². The highest BCUT2D eigenvalue weighted by Gasteiger charge is 2.16. The number of alkyl halides is 2. The fraction of sp³-hybridized carbons (Fsp3) is 0.111. The number of hydrogen-bond donors (Lipinski definition) is 0. The Morgan fingerprint density at radius 3 is 2.47 bits per heavy atom. The summed E-state index contributed by atoms with van der Waals surface area (Å²) in [6.07, 6.45) is 0. The van der Waals surface area contributed by atoms with Gasteiger partial charge < -0.3 is 0 Å². The summed E-state index contributed by atoms with van der Waals surface area (Å²) in [5.74, 6) is 0. The average Bonchev–Trinajstić information content (AvgIpc) is 2.78. The van der Waals surface area contributed by atoms with Crippen LogP contribution in [-0.2, 0) is 0 Å². The SMILES string of the molecule is O=[N+]([O-])c1ccc(-c2nnsc2C(Br)Br)cc1. The molecule has 2 aromatic rings. The summed E-state index contributed by atoms with van der Waals surface area (Å²) in [7, 11) is 0. The zero-order chi connectivity index (χ0) is 12.4. The number of nitro groups is 1. The van der Waals surface area contributed by atoms with E-state index in [1.807, 2.05) is 0 Å². The molecule has 0 aliphatic heterocycles. The Kier molecular flexibility index (Phi) is 3.85. The van der Waals surface area contributed by atoms with Gasteiger partial charge in [-0.25, -0.2) is 0 Å². The van der Waals surface area contributed by atoms with Gasteiger partial charge in [-0.3, -0.25) is 10.1 Å². The number of hydrogen-bond acceptors (Lipinski definition) is 5. The molecule has 1 aromatic heterocycles. The van der Waals surface area contributed by atoms with E-state index >= 15 is 0 Å². The summed E-state index contributed by atoms with van der Waals surface area (Å²) in [5.41, 5.74) is 1.60. The molecule has 17 heavy (non-hydrogen) atoms. The first-order valence-corrected chi connectivity index (χ1v) is 7.05. The van der Waals surface area contributed by atoms with E-state index in [4.69, 9.17) is 0 Å². The molecule has 0 spiro atoms. The number of rotatable bonds is 3. The first-order chi connectivity index (χ1) is 8.09. The maximum atomic E-state index is 10.5. The van der Waals surface area contributed by atoms with Crippen molar-refractivity contribution < 1.29 is 4.92 Å². The molecule has 1 heterocycles. The van der Waals surface area contributed by atoms with E-state index in [1.54, 1.807) is 12.1 Å². The Hall–Kier alpha value is -0.860. The van der Waals surface area contributed by atoms with Crippen LogP contribution in [0.3, 0.4) is 0 Å². The number of nitrogens with zero attached hydrogens (tertiary/aromatic N) is 3. The molecule has 0 aliphatic carbocycles. The second-order valence-electron chi connectivity index (χ2n) is 3.09. The van der Waals surface area contributed by atoms with Crippen molar-refractivity contribution in [2.45, 2.75) is 3.74 Å². The van der Waals surface area contributed by atoms with E-state index in [1.165, 1.54) is 23.7 Å². The standard InChI is InChI=1S/C9H5Br2N3O2S/c10-9(11)8-7(12-13-17-8)5-1-3-6(4-2-5)14(15)16/h1-4,9H. The summed E-state index contributed by atoms with van der Waals surface area (Å²) in [6.45, 7) is 0. The van der Waals surface area contributed by atoms with Gasteiger partial charge in [-0.15, -0.1) is 5.10 Å². The van der Waals surface area contributed by atoms with Gasteiger partial charge in [-0.1, -0.05) is 36.3 Å². The van der Waals surface area contributed by atoms with Crippen LogP contribution in [0.4, 0.5) is 5.69 Å². The highest BCUT2D eigenvalue weighted by atomic mass is 79.9. The molecular formula is C9H5Br2N3O2S. The lowest BCUT2D eigenvalue weighted by Crippen LogP contribution is -1.88. The van der Waals surface area contributed by atoms with Crippen LogP contribution in [0.15, 0.2) is 24.3 Å². The minimum atomic E-state index is -0.429. The van der Waals surface area contributed by atoms with Crippen molar-refractivity contribution in [2.75, 3.05) is 0 Å². The number of aromatic nitrogens is 2. The van der Waals surface area contributed by atoms with Gasteiger partial charge in [0.05, 0.1) is 9.80 Å². The quantitative estimate of drug-likeness (QED) is 0.461. The average molecular weight is 379 g/mol. The Morgan fingerprint density at radius 2 is 1.94 bits per heavy atom. The van der Waals surface area contributed by atoms with E-state index in [9.17, 15) is 10.1 Å². The molecule has 0 bridgehead atoms. The predicted molar refractivity (Wildman–Crippen MR) is 72.6 cm³/mol. The number of nitro benzene ring substituents is 1. The maximum Gasteiger partial charge on any atom is 0.269 e. The Balaban J connectivity index is 2.40. The van der Waals surface area contributed by atoms with E-state index in [0.717, 1.165) is 16.1 Å². The molecule has 8 heteroatoms. The van der Waals surface area contributed by atoms with Crippen molar-refractivity contribution in [3.05, 3.63) is 39.3 Å². The monoisotopic (exact) mass is 377 g/mol. The molecule has 0 radical (unpaired) electrons. The van der Waals surface area contributed by atoms with Gasteiger partial charge in [0.2, 0.25) is 0 Å². The molecule has 0 saturated heterocycles. The molecule has 1 aromatic carbocycles. The molecule has 0 amide bonds. The summed E-state index contributed by atoms with van der Waals surface area (Å²) in [4.78, 5) is 11.0. The highest BCUT2D eigenvalue weighted by Crippen LogP contribution is 2.38. The van der Waals surface area contributed by atoms with Crippen molar-refractivity contribution in [1.29, 1.82) is 0 Å². The summed E-state index contributed by atoms with van der Waals surface area (Å²) >= 11 is 8.05. The minimum absolute atomic E-state index is 0.0276. The third-order valence-electron chi connectivity index (χ3n) is 2.06. The van der Waals surface area contributed by atoms with E-state index < -0.39 is 4.92 Å². The largest absolute Gasteiger partial charge is 0.269 e. The summed E-state index contributed by atoms with van der Waals surface area (Å²) in [5, 5.41) is 14.6. The van der Waals surface area contributed by atoms with E-state index in [0.29, 0.717) is 0 Å². The van der Waals surface area contributed by atoms with Crippen LogP contribution in [0.25, 0.3) is 11.3 Å². The van der Waals surface area contributed by atoms with Crippen molar-refractivity contribution in [3.63, 3.8) is 0 Å². The van der Waals surface area contributed by atoms with Crippen molar-refractivity contribution in [1.82, 2.24) is 9.59 Å². The fourth-order valence-corrected chi connectivity index (χ4v) is 2.75. The van der Waals surface area contributed by atoms with Crippen LogP contribution in [0.5, 0.6) is 0 Å². The molecule has 0 N–H and O–H groups in total. The van der Waals surface area contributed by atoms with Crippen LogP contribution < -0.4 is 0 Å². The normalized spacial score (nSPS) is 10.8. The molecule has 0 atom stereocenters. The molecule has 88 valence electrons. The zero-order valence-corrected chi connectivity index (χ0v) is 12.2. The van der Waals surface area contributed by atoms with Gasteiger partial charge in [0, 0.05) is 17.7 Å². The lowest BCUT2D eigenvalue weighted by Gasteiger charge is -2.01. The third-order valence-corrected chi connectivity index (χ3v) is 4.37. The maximum absolute atomic E-state index is 10.5. The molecule has 5 nitrogen and oxygen atoms in total. The van der Waals surface area contributed by atoms with Crippen LogP contribution in [0.1, 0.15) is 8.61 Å². The molecule has 2 rings (SSSR count). The molecule has 0 unspecified atom stereocenters. The lowest BCUT2D eigenvalue weighted by atomic mass is 10.1. The fourth-order valence-electron chi connectivity index (χ4n) is 1.28. The Bertz CT molecular complexity index is 541. The molecule has 0 saturated carbocycles. The van der Waals surface area contributed by atoms with Crippen LogP contribution in [0, 0.1) is 10.1 Å². The second kappa shape index (κ2) is 5.19. The van der Waals surface area contributed by atoms with Gasteiger partial charge in [-0.05, 0) is 23.7 Å². The minimum Gasteiger partial charge on any atom is -0.258 e. The highest BCUT2D eigenvalue weighted by molar-refractivity contribution is 9.24. The topological polar surface area (TPSA) is 68.9 Å². The number of benzene rings is 1. The van der Waals surface area contributed by atoms with Crippen molar-refractivity contribution in [2.24, 2.45) is 0 Å². The number of halogens is 2.